The minimum absolute atomic E-state index is 0.743. The van der Waals surface area contributed by atoms with Crippen molar-refractivity contribution in [3.05, 3.63) is 98.1 Å². The summed E-state index contributed by atoms with van der Waals surface area (Å²) in [4.78, 5) is 18.4. The van der Waals surface area contributed by atoms with E-state index in [1.54, 1.807) is 0 Å². The number of hydrogen-bond donors (Lipinski definition) is 1. The van der Waals surface area contributed by atoms with Gasteiger partial charge >= 0.3 is 0 Å². The Morgan fingerprint density at radius 1 is 0.567 bits per heavy atom. The van der Waals surface area contributed by atoms with Crippen LogP contribution in [0.25, 0.3) is 54.6 Å². The maximum absolute atomic E-state index is 5.15. The Kier molecular flexibility index (Phi) is 3.25. The molecule has 30 heavy (non-hydrogen) atoms. The van der Waals surface area contributed by atoms with E-state index in [0.717, 1.165) is 50.2 Å². The molecule has 0 saturated heterocycles. The van der Waals surface area contributed by atoms with Gasteiger partial charge < -0.3 is 4.98 Å². The van der Waals surface area contributed by atoms with Gasteiger partial charge in [-0.2, -0.15) is 0 Å². The molecule has 0 unspecified atom stereocenters. The molecule has 139 valence electrons. The van der Waals surface area contributed by atoms with E-state index < -0.39 is 0 Å². The number of nitrogens with zero attached hydrogens (tertiary/aromatic N) is 3. The van der Waals surface area contributed by atoms with Gasteiger partial charge in [-0.05, 0) is 48.6 Å². The normalized spacial score (nSPS) is 15.3. The summed E-state index contributed by atoms with van der Waals surface area (Å²) < 4.78 is 0. The first-order chi connectivity index (χ1) is 14.9. The zero-order valence-electron chi connectivity index (χ0n) is 15.9. The summed E-state index contributed by atoms with van der Waals surface area (Å²) in [6.07, 6.45) is 8.08. The molecule has 1 saturated carbocycles. The molecule has 0 atom stereocenters. The summed E-state index contributed by atoms with van der Waals surface area (Å²) in [6.45, 7) is 0. The fourth-order valence-electron chi connectivity index (χ4n) is 4.49. The molecule has 0 bridgehead atoms. The van der Waals surface area contributed by atoms with Gasteiger partial charge in [-0.1, -0.05) is 48.5 Å². The lowest BCUT2D eigenvalue weighted by Gasteiger charge is -2.11. The summed E-state index contributed by atoms with van der Waals surface area (Å²) in [5.41, 5.74) is 5.52. The SMILES string of the molecule is [CH]1[CH][CH][C](c2nc3ccc4[nH]c5c6ccccc6c6ccccc6c5nc4c3n2)[CH]1. The summed E-state index contributed by atoms with van der Waals surface area (Å²) in [7, 11) is 0. The van der Waals surface area contributed by atoms with Crippen molar-refractivity contribution in [2.24, 2.45) is 0 Å². The van der Waals surface area contributed by atoms with E-state index in [4.69, 9.17) is 15.0 Å². The van der Waals surface area contributed by atoms with Gasteiger partial charge in [0.05, 0.1) is 28.0 Å². The van der Waals surface area contributed by atoms with Crippen LogP contribution in [0.15, 0.2) is 60.7 Å². The van der Waals surface area contributed by atoms with E-state index in [2.05, 4.69) is 59.6 Å². The number of hydrogen-bond acceptors (Lipinski definition) is 3. The maximum atomic E-state index is 5.15. The third-order valence-corrected chi connectivity index (χ3v) is 5.88. The number of aromatic amines is 1. The van der Waals surface area contributed by atoms with Crippen molar-refractivity contribution < 1.29 is 0 Å². The van der Waals surface area contributed by atoms with Crippen LogP contribution in [-0.4, -0.2) is 19.9 Å². The molecule has 2 aromatic heterocycles. The fraction of sp³-hybridized carbons (Fsp3) is 0. The van der Waals surface area contributed by atoms with E-state index >= 15 is 0 Å². The predicted molar refractivity (Wildman–Crippen MR) is 121 cm³/mol. The molecule has 4 aromatic carbocycles. The molecule has 0 aliphatic heterocycles. The molecule has 1 N–H and O–H groups in total. The fourth-order valence-corrected chi connectivity index (χ4v) is 4.49. The highest BCUT2D eigenvalue weighted by Gasteiger charge is 2.24. The molecule has 0 amide bonds. The van der Waals surface area contributed by atoms with E-state index in [1.807, 2.05) is 31.7 Å². The first-order valence-electron chi connectivity index (χ1n) is 9.98. The van der Waals surface area contributed by atoms with Gasteiger partial charge in [0.1, 0.15) is 16.9 Å². The highest BCUT2D eigenvalue weighted by Crippen LogP contribution is 2.36. The third-order valence-electron chi connectivity index (χ3n) is 5.88. The van der Waals surface area contributed by atoms with Crippen LogP contribution >= 0.6 is 0 Å². The van der Waals surface area contributed by atoms with Gasteiger partial charge in [0.25, 0.3) is 0 Å². The lowest BCUT2D eigenvalue weighted by molar-refractivity contribution is 1.10. The van der Waals surface area contributed by atoms with E-state index in [9.17, 15) is 0 Å². The largest absolute Gasteiger partial charge is 0.351 e. The highest BCUT2D eigenvalue weighted by molar-refractivity contribution is 6.24. The first kappa shape index (κ1) is 16.3. The van der Waals surface area contributed by atoms with Crippen molar-refractivity contribution >= 4 is 54.6 Å². The van der Waals surface area contributed by atoms with Crippen LogP contribution in [0.1, 0.15) is 5.82 Å². The van der Waals surface area contributed by atoms with Crippen molar-refractivity contribution in [2.45, 2.75) is 0 Å². The molecule has 2 heterocycles. The molecule has 1 aliphatic carbocycles. The van der Waals surface area contributed by atoms with Crippen LogP contribution in [0.5, 0.6) is 0 Å². The Bertz CT molecular complexity index is 1610. The van der Waals surface area contributed by atoms with E-state index in [1.165, 1.54) is 16.2 Å². The second-order valence-corrected chi connectivity index (χ2v) is 7.60. The third kappa shape index (κ3) is 2.19. The van der Waals surface area contributed by atoms with E-state index in [0.29, 0.717) is 0 Å². The summed E-state index contributed by atoms with van der Waals surface area (Å²) >= 11 is 0. The number of nitrogens with one attached hydrogen (secondary N) is 1. The molecule has 4 heteroatoms. The molecule has 4 nitrogen and oxygen atoms in total. The smallest absolute Gasteiger partial charge is 0.137 e. The minimum Gasteiger partial charge on any atom is -0.351 e. The van der Waals surface area contributed by atoms with Crippen LogP contribution < -0.4 is 0 Å². The van der Waals surface area contributed by atoms with Crippen LogP contribution in [0.2, 0.25) is 0 Å². The van der Waals surface area contributed by atoms with Crippen molar-refractivity contribution in [2.75, 3.05) is 0 Å². The topological polar surface area (TPSA) is 54.5 Å². The van der Waals surface area contributed by atoms with Gasteiger partial charge in [0, 0.05) is 10.8 Å². The number of H-pyrrole nitrogens is 1. The Labute approximate surface area is 173 Å². The van der Waals surface area contributed by atoms with Gasteiger partial charge in [0.2, 0.25) is 0 Å². The van der Waals surface area contributed by atoms with Gasteiger partial charge in [-0.3, -0.25) is 0 Å². The second kappa shape index (κ2) is 5.99. The Hall–Kier alpha value is -3.53. The predicted octanol–water partition coefficient (Wildman–Crippen LogP) is 5.72. The standard InChI is InChI=1S/C26H15N4/c1-2-8-15(7-1)26-28-21-14-13-20-24(25(21)30-26)29-23-19-12-6-4-10-17(19)16-9-3-5-11-18(16)22(23)27-20/h1-14,27H. The van der Waals surface area contributed by atoms with Crippen molar-refractivity contribution in [3.8, 4) is 0 Å². The van der Waals surface area contributed by atoms with Crippen molar-refractivity contribution in [3.63, 3.8) is 0 Å². The van der Waals surface area contributed by atoms with Crippen LogP contribution in [-0.2, 0) is 0 Å². The lowest BCUT2D eigenvalue weighted by atomic mass is 9.99. The zero-order chi connectivity index (χ0) is 19.7. The maximum Gasteiger partial charge on any atom is 0.137 e. The van der Waals surface area contributed by atoms with Crippen molar-refractivity contribution in [1.29, 1.82) is 0 Å². The van der Waals surface area contributed by atoms with Gasteiger partial charge in [0.15, 0.2) is 0 Å². The number of aromatic nitrogens is 4. The van der Waals surface area contributed by atoms with E-state index in [-0.39, 0.29) is 0 Å². The first-order valence-corrected chi connectivity index (χ1v) is 9.98. The summed E-state index contributed by atoms with van der Waals surface area (Å²) in [6, 6.07) is 21.0. The highest BCUT2D eigenvalue weighted by atomic mass is 14.9. The molecule has 5 radical (unpaired) electrons. The number of imidazole rings is 1. The summed E-state index contributed by atoms with van der Waals surface area (Å²) in [5, 5.41) is 4.74. The quantitative estimate of drug-likeness (QED) is 0.292. The molecular formula is C26H15N4. The second-order valence-electron chi connectivity index (χ2n) is 7.60. The Morgan fingerprint density at radius 2 is 1.27 bits per heavy atom. The minimum atomic E-state index is 0.743. The molecule has 1 fully saturated rings. The molecular weight excluding hydrogens is 368 g/mol. The average Bonchev–Trinajstić information content (AvgIpc) is 3.48. The molecule has 7 rings (SSSR count). The van der Waals surface area contributed by atoms with Gasteiger partial charge in [-0.25, -0.2) is 15.0 Å². The Morgan fingerprint density at radius 3 is 2.07 bits per heavy atom. The Balaban J connectivity index is 1.63. The molecule has 1 aliphatic rings. The number of fused-ring (bicyclic) bond motifs is 9. The summed E-state index contributed by atoms with van der Waals surface area (Å²) in [5.74, 6) is 1.77. The molecule has 6 aromatic rings. The number of benzene rings is 4. The zero-order valence-corrected chi connectivity index (χ0v) is 15.9. The number of rotatable bonds is 1. The monoisotopic (exact) mass is 383 g/mol. The molecule has 0 spiro atoms. The van der Waals surface area contributed by atoms with Crippen LogP contribution in [0, 0.1) is 31.6 Å². The van der Waals surface area contributed by atoms with Crippen LogP contribution in [0.4, 0.5) is 0 Å². The van der Waals surface area contributed by atoms with Gasteiger partial charge in [-0.15, -0.1) is 0 Å². The lowest BCUT2D eigenvalue weighted by Crippen LogP contribution is -1.96. The average molecular weight is 383 g/mol. The van der Waals surface area contributed by atoms with Crippen molar-refractivity contribution in [1.82, 2.24) is 19.9 Å². The van der Waals surface area contributed by atoms with Crippen LogP contribution in [0.3, 0.4) is 0 Å².